The largest absolute Gasteiger partial charge is 0.384 e. The maximum atomic E-state index is 14.9. The summed E-state index contributed by atoms with van der Waals surface area (Å²) in [7, 11) is 0. The highest BCUT2D eigenvalue weighted by Gasteiger charge is 2.34. The van der Waals surface area contributed by atoms with Crippen LogP contribution in [-0.2, 0) is 4.79 Å². The fourth-order valence-electron chi connectivity index (χ4n) is 4.51. The van der Waals surface area contributed by atoms with Crippen LogP contribution in [-0.4, -0.2) is 46.5 Å². The highest BCUT2D eigenvalue weighted by atomic mass is 19.1. The van der Waals surface area contributed by atoms with Crippen LogP contribution in [0.3, 0.4) is 0 Å². The van der Waals surface area contributed by atoms with Gasteiger partial charge in [-0.3, -0.25) is 4.79 Å². The van der Waals surface area contributed by atoms with Crippen molar-refractivity contribution in [2.75, 3.05) is 5.73 Å². The molecule has 1 saturated heterocycles. The molecule has 1 unspecified atom stereocenters. The van der Waals surface area contributed by atoms with Crippen molar-refractivity contribution in [3.63, 3.8) is 0 Å². The number of halogens is 2. The van der Waals surface area contributed by atoms with E-state index in [2.05, 4.69) is 30.5 Å². The number of likely N-dealkylation sites (tertiary alicyclic amines) is 1. The van der Waals surface area contributed by atoms with Crippen LogP contribution in [0.2, 0.25) is 0 Å². The fourth-order valence-corrected chi connectivity index (χ4v) is 4.51. The Morgan fingerprint density at radius 2 is 2.03 bits per heavy atom. The third kappa shape index (κ3) is 4.48. The molecule has 4 heterocycles. The summed E-state index contributed by atoms with van der Waals surface area (Å²) in [5.74, 6) is -1.70. The number of imidazole rings is 1. The monoisotopic (exact) mass is 503 g/mol. The van der Waals surface area contributed by atoms with Gasteiger partial charge in [0, 0.05) is 11.3 Å². The molecule has 188 valence electrons. The Labute approximate surface area is 210 Å². The topological polar surface area (TPSA) is 132 Å². The summed E-state index contributed by atoms with van der Waals surface area (Å²) in [5, 5.41) is 11.5. The quantitative estimate of drug-likeness (QED) is 0.301. The standard InChI is InChI=1S/C25H23F2N9O/c1-3-15(18-10-14(2)4-7-19(18)36-12-29-33-34-36)11-16-5-8-20(35(16)13-37)22-24(27)32-25(31-22)17-6-9-21(28)30-23(17)26/h3-4,6-7,9-13,20H,5,8H2,1-2H3,(H2,28,30)(H,31,32)/b15-3+,16-11-. The van der Waals surface area contributed by atoms with Gasteiger partial charge in [-0.25, -0.2) is 4.98 Å². The summed E-state index contributed by atoms with van der Waals surface area (Å²) >= 11 is 0. The van der Waals surface area contributed by atoms with Crippen molar-refractivity contribution in [3.05, 3.63) is 83.2 Å². The second-order valence-corrected chi connectivity index (χ2v) is 8.59. The molecule has 5 rings (SSSR count). The fraction of sp³-hybridized carbons (Fsp3) is 0.200. The van der Waals surface area contributed by atoms with E-state index < -0.39 is 17.9 Å². The number of carbonyl (C=O) groups excluding carboxylic acids is 1. The van der Waals surface area contributed by atoms with Crippen LogP contribution >= 0.6 is 0 Å². The Balaban J connectivity index is 1.49. The highest BCUT2D eigenvalue weighted by Crippen LogP contribution is 2.40. The molecule has 1 aromatic carbocycles. The average molecular weight is 504 g/mol. The lowest BCUT2D eigenvalue weighted by molar-refractivity contribution is -0.117. The smallest absolute Gasteiger partial charge is 0.236 e. The number of anilines is 1. The van der Waals surface area contributed by atoms with Gasteiger partial charge in [0.05, 0.1) is 23.0 Å². The maximum absolute atomic E-state index is 14.9. The minimum atomic E-state index is -0.867. The number of aryl methyl sites for hydroxylation is 1. The van der Waals surface area contributed by atoms with Crippen LogP contribution < -0.4 is 5.73 Å². The summed E-state index contributed by atoms with van der Waals surface area (Å²) in [4.78, 5) is 23.9. The molecule has 0 radical (unpaired) electrons. The number of benzene rings is 1. The molecule has 4 aromatic rings. The second-order valence-electron chi connectivity index (χ2n) is 8.59. The predicted octanol–water partition coefficient (Wildman–Crippen LogP) is 3.90. The van der Waals surface area contributed by atoms with E-state index >= 15 is 0 Å². The van der Waals surface area contributed by atoms with Gasteiger partial charge in [-0.05, 0) is 73.0 Å². The van der Waals surface area contributed by atoms with Crippen molar-refractivity contribution >= 4 is 17.8 Å². The highest BCUT2D eigenvalue weighted by molar-refractivity contribution is 5.80. The normalized spacial score (nSPS) is 17.1. The van der Waals surface area contributed by atoms with Gasteiger partial charge in [0.2, 0.25) is 18.3 Å². The molecule has 1 aliphatic heterocycles. The zero-order valence-corrected chi connectivity index (χ0v) is 20.1. The van der Waals surface area contributed by atoms with Crippen LogP contribution in [0.1, 0.15) is 42.6 Å². The van der Waals surface area contributed by atoms with Gasteiger partial charge in [-0.15, -0.1) is 5.10 Å². The number of tetrazole rings is 1. The Bertz CT molecular complexity index is 1530. The number of amides is 1. The number of rotatable bonds is 6. The lowest BCUT2D eigenvalue weighted by Crippen LogP contribution is -2.21. The molecular formula is C25H23F2N9O. The molecule has 1 fully saturated rings. The van der Waals surface area contributed by atoms with E-state index in [1.54, 1.807) is 4.68 Å². The van der Waals surface area contributed by atoms with Crippen molar-refractivity contribution in [1.82, 2.24) is 40.1 Å². The van der Waals surface area contributed by atoms with E-state index in [-0.39, 0.29) is 22.9 Å². The van der Waals surface area contributed by atoms with Crippen molar-refractivity contribution < 1.29 is 13.6 Å². The molecule has 0 spiro atoms. The summed E-state index contributed by atoms with van der Waals surface area (Å²) < 4.78 is 30.8. The van der Waals surface area contributed by atoms with Gasteiger partial charge < -0.3 is 15.6 Å². The van der Waals surface area contributed by atoms with Crippen LogP contribution in [0.4, 0.5) is 14.6 Å². The number of carbonyl (C=O) groups is 1. The molecule has 1 aliphatic rings. The molecule has 10 nitrogen and oxygen atoms in total. The number of hydrogen-bond donors (Lipinski definition) is 2. The van der Waals surface area contributed by atoms with E-state index in [9.17, 15) is 13.6 Å². The number of pyridine rings is 1. The van der Waals surface area contributed by atoms with Crippen molar-refractivity contribution in [3.8, 4) is 17.1 Å². The third-order valence-corrected chi connectivity index (χ3v) is 6.29. The molecule has 3 aromatic heterocycles. The Kier molecular flexibility index (Phi) is 6.30. The van der Waals surface area contributed by atoms with E-state index in [0.29, 0.717) is 24.9 Å². The molecule has 0 bridgehead atoms. The number of nitrogens with two attached hydrogens (primary N) is 1. The maximum Gasteiger partial charge on any atom is 0.236 e. The molecule has 0 saturated carbocycles. The van der Waals surface area contributed by atoms with Gasteiger partial charge in [0.25, 0.3) is 0 Å². The van der Waals surface area contributed by atoms with Crippen molar-refractivity contribution in [2.24, 2.45) is 0 Å². The first-order chi connectivity index (χ1) is 17.9. The van der Waals surface area contributed by atoms with Gasteiger partial charge in [-0.2, -0.15) is 18.4 Å². The number of nitrogens with zero attached hydrogens (tertiary/aromatic N) is 7. The first-order valence-electron chi connectivity index (χ1n) is 11.5. The second kappa shape index (κ2) is 9.72. The third-order valence-electron chi connectivity index (χ3n) is 6.29. The molecular weight excluding hydrogens is 480 g/mol. The van der Waals surface area contributed by atoms with Crippen molar-refractivity contribution in [2.45, 2.75) is 32.7 Å². The van der Waals surface area contributed by atoms with Crippen LogP contribution in [0.15, 0.2) is 54.5 Å². The number of nitrogens with one attached hydrogen (secondary N) is 1. The number of allylic oxidation sites excluding steroid dienone is 4. The van der Waals surface area contributed by atoms with Gasteiger partial charge in [0.15, 0.2) is 0 Å². The lowest BCUT2D eigenvalue weighted by Gasteiger charge is -2.21. The summed E-state index contributed by atoms with van der Waals surface area (Å²) in [5.41, 5.74) is 9.81. The van der Waals surface area contributed by atoms with Crippen molar-refractivity contribution in [1.29, 1.82) is 0 Å². The Morgan fingerprint density at radius 3 is 2.73 bits per heavy atom. The number of H-pyrrole nitrogens is 1. The van der Waals surface area contributed by atoms with Gasteiger partial charge >= 0.3 is 0 Å². The molecule has 1 amide bonds. The van der Waals surface area contributed by atoms with Crippen LogP contribution in [0, 0.1) is 18.8 Å². The molecule has 12 heteroatoms. The number of nitrogen functional groups attached to an aromatic ring is 1. The summed E-state index contributed by atoms with van der Waals surface area (Å²) in [6.45, 7) is 3.88. The SMILES string of the molecule is C/C=C(\C=C1\CCC(c2[nH]c(-c3ccc(N)nc3F)nc2F)N1C=O)c1cc(C)ccc1-n1cnnn1. The first kappa shape index (κ1) is 24.0. The Morgan fingerprint density at radius 1 is 1.19 bits per heavy atom. The molecule has 3 N–H and O–H groups in total. The van der Waals surface area contributed by atoms with E-state index in [1.807, 2.05) is 44.2 Å². The Hall–Kier alpha value is -4.74. The number of hydrogen-bond acceptors (Lipinski definition) is 7. The minimum absolute atomic E-state index is 0.00263. The van der Waals surface area contributed by atoms with Gasteiger partial charge in [0.1, 0.15) is 18.0 Å². The predicted molar refractivity (Wildman–Crippen MR) is 132 cm³/mol. The van der Waals surface area contributed by atoms with E-state index in [0.717, 1.165) is 22.4 Å². The zero-order chi connectivity index (χ0) is 26.1. The first-order valence-corrected chi connectivity index (χ1v) is 11.5. The summed E-state index contributed by atoms with van der Waals surface area (Å²) in [6.07, 6.45) is 6.97. The van der Waals surface area contributed by atoms with E-state index in [4.69, 9.17) is 5.73 Å². The molecule has 37 heavy (non-hydrogen) atoms. The van der Waals surface area contributed by atoms with Gasteiger partial charge in [-0.1, -0.05) is 17.7 Å². The number of aromatic amines is 1. The molecule has 1 atom stereocenters. The van der Waals surface area contributed by atoms with Crippen LogP contribution in [0.25, 0.3) is 22.6 Å². The van der Waals surface area contributed by atoms with Crippen LogP contribution in [0.5, 0.6) is 0 Å². The lowest BCUT2D eigenvalue weighted by atomic mass is 9.99. The zero-order valence-electron chi connectivity index (χ0n) is 20.1. The minimum Gasteiger partial charge on any atom is -0.384 e. The summed E-state index contributed by atoms with van der Waals surface area (Å²) in [6, 6.07) is 8.04. The number of aromatic nitrogens is 7. The molecule has 0 aliphatic carbocycles. The van der Waals surface area contributed by atoms with E-state index in [1.165, 1.54) is 23.4 Å². The average Bonchev–Trinajstić information content (AvgIpc) is 3.62.